The summed E-state index contributed by atoms with van der Waals surface area (Å²) in [5.74, 6) is -0.157. The van der Waals surface area contributed by atoms with Gasteiger partial charge in [-0.1, -0.05) is 0 Å². The van der Waals surface area contributed by atoms with Gasteiger partial charge in [0, 0.05) is 26.3 Å². The van der Waals surface area contributed by atoms with E-state index in [9.17, 15) is 9.59 Å². The Bertz CT molecular complexity index is 566. The molecular weight excluding hydrogens is 302 g/mol. The van der Waals surface area contributed by atoms with E-state index in [1.54, 1.807) is 17.7 Å². The Kier molecular flexibility index (Phi) is 3.33. The molecule has 0 aliphatic carbocycles. The number of halogens is 1. The molecule has 0 N–H and O–H groups in total. The fraction of sp³-hybridized carbons (Fsp3) is 0.500. The summed E-state index contributed by atoms with van der Waals surface area (Å²) in [6.07, 6.45) is 2.18. The molecule has 0 saturated carbocycles. The number of fused-ring (bicyclic) bond motifs is 1. The van der Waals surface area contributed by atoms with Crippen LogP contribution in [0, 0.1) is 0 Å². The van der Waals surface area contributed by atoms with Crippen molar-refractivity contribution in [2.24, 2.45) is 0 Å². The summed E-state index contributed by atoms with van der Waals surface area (Å²) >= 11 is 3.18. The van der Waals surface area contributed by atoms with Gasteiger partial charge in [-0.15, -0.1) is 0 Å². The van der Waals surface area contributed by atoms with E-state index in [1.165, 1.54) is 14.2 Å². The van der Waals surface area contributed by atoms with E-state index in [2.05, 4.69) is 15.9 Å². The number of aromatic nitrogens is 1. The summed E-state index contributed by atoms with van der Waals surface area (Å²) in [6, 6.07) is 0. The first-order valence-electron chi connectivity index (χ1n) is 5.51. The summed E-state index contributed by atoms with van der Waals surface area (Å²) in [7, 11) is 2.88. The van der Waals surface area contributed by atoms with Gasteiger partial charge >= 0.3 is 0 Å². The topological polar surface area (TPSA) is 57.5 Å². The second-order valence-electron chi connectivity index (χ2n) is 4.40. The van der Waals surface area contributed by atoms with Crippen molar-refractivity contribution in [3.05, 3.63) is 26.6 Å². The lowest BCUT2D eigenvalue weighted by Gasteiger charge is -2.33. The fourth-order valence-electron chi connectivity index (χ4n) is 2.10. The number of hydrogen-bond acceptors (Lipinski definition) is 4. The van der Waals surface area contributed by atoms with Gasteiger partial charge in [-0.05, 0) is 22.9 Å². The Morgan fingerprint density at radius 2 is 2.06 bits per heavy atom. The number of nitrogens with zero attached hydrogens (tertiary/aromatic N) is 1. The number of ether oxygens (including phenoxy) is 2. The Morgan fingerprint density at radius 3 is 2.61 bits per heavy atom. The van der Waals surface area contributed by atoms with Crippen molar-refractivity contribution in [1.82, 2.24) is 4.57 Å². The fourth-order valence-corrected chi connectivity index (χ4v) is 2.53. The molecule has 1 aromatic heterocycles. The third kappa shape index (κ3) is 1.80. The lowest BCUT2D eigenvalue weighted by molar-refractivity contribution is -0.000896. The van der Waals surface area contributed by atoms with Crippen molar-refractivity contribution in [2.75, 3.05) is 14.2 Å². The third-order valence-electron chi connectivity index (χ3n) is 3.37. The van der Waals surface area contributed by atoms with Gasteiger partial charge in [-0.25, -0.2) is 0 Å². The van der Waals surface area contributed by atoms with Crippen LogP contribution in [0.25, 0.3) is 0 Å². The van der Waals surface area contributed by atoms with Crippen LogP contribution in [0.4, 0.5) is 0 Å². The number of hydrogen-bond donors (Lipinski definition) is 0. The van der Waals surface area contributed by atoms with Crippen molar-refractivity contribution in [2.45, 2.75) is 25.5 Å². The van der Waals surface area contributed by atoms with Crippen LogP contribution in [0.2, 0.25) is 0 Å². The molecule has 0 amide bonds. The molecule has 0 aromatic carbocycles. The minimum Gasteiger partial charge on any atom is -0.491 e. The first-order chi connectivity index (χ1) is 8.44. The molecule has 6 heteroatoms. The van der Waals surface area contributed by atoms with Crippen LogP contribution in [0.3, 0.4) is 0 Å². The molecule has 1 aliphatic heterocycles. The monoisotopic (exact) mass is 315 g/mol. The van der Waals surface area contributed by atoms with Crippen molar-refractivity contribution in [1.29, 1.82) is 0 Å². The predicted molar refractivity (Wildman–Crippen MR) is 69.3 cm³/mol. The van der Waals surface area contributed by atoms with Crippen molar-refractivity contribution in [3.8, 4) is 5.75 Å². The van der Waals surface area contributed by atoms with Crippen LogP contribution in [0.5, 0.6) is 5.75 Å². The summed E-state index contributed by atoms with van der Waals surface area (Å²) < 4.78 is 12.5. The van der Waals surface area contributed by atoms with E-state index in [-0.39, 0.29) is 22.7 Å². The Morgan fingerprint density at radius 1 is 1.39 bits per heavy atom. The smallest absolute Gasteiger partial charge is 0.238 e. The number of pyridine rings is 1. The minimum absolute atomic E-state index is 0.0670. The minimum atomic E-state index is -0.895. The average Bonchev–Trinajstić information content (AvgIpc) is 2.37. The molecule has 18 heavy (non-hydrogen) atoms. The Labute approximate surface area is 113 Å². The van der Waals surface area contributed by atoms with Gasteiger partial charge in [-0.2, -0.15) is 0 Å². The number of rotatable bonds is 2. The van der Waals surface area contributed by atoms with Crippen LogP contribution in [0.1, 0.15) is 23.8 Å². The predicted octanol–water partition coefficient (Wildman–Crippen LogP) is 1.61. The van der Waals surface area contributed by atoms with Gasteiger partial charge in [-0.3, -0.25) is 9.59 Å². The molecule has 2 heterocycles. The summed E-state index contributed by atoms with van der Waals surface area (Å²) in [6.45, 7) is 2.32. The highest BCUT2D eigenvalue weighted by atomic mass is 79.9. The first-order valence-corrected chi connectivity index (χ1v) is 6.31. The maximum absolute atomic E-state index is 12.4. The van der Waals surface area contributed by atoms with Crippen molar-refractivity contribution < 1.29 is 14.3 Å². The second-order valence-corrected chi connectivity index (χ2v) is 5.25. The molecule has 1 aromatic rings. The van der Waals surface area contributed by atoms with Crippen LogP contribution < -0.4 is 10.2 Å². The largest absolute Gasteiger partial charge is 0.491 e. The second kappa shape index (κ2) is 4.51. The number of Topliss-reactive ketones (excluding diaryl/α,β-unsaturated/α-hetero) is 1. The van der Waals surface area contributed by atoms with E-state index in [0.29, 0.717) is 17.4 Å². The van der Waals surface area contributed by atoms with Gasteiger partial charge in [0.05, 0.1) is 11.6 Å². The van der Waals surface area contributed by atoms with E-state index < -0.39 is 5.60 Å². The molecule has 0 bridgehead atoms. The van der Waals surface area contributed by atoms with Crippen LogP contribution >= 0.6 is 15.9 Å². The van der Waals surface area contributed by atoms with Crippen molar-refractivity contribution in [3.63, 3.8) is 0 Å². The van der Waals surface area contributed by atoms with Gasteiger partial charge in [0.1, 0.15) is 11.3 Å². The normalized spacial score (nSPS) is 22.8. The molecule has 0 fully saturated rings. The van der Waals surface area contributed by atoms with E-state index in [4.69, 9.17) is 9.47 Å². The summed E-state index contributed by atoms with van der Waals surface area (Å²) in [5, 5.41) is 0. The number of carbonyl (C=O) groups excluding carboxylic acids is 1. The Hall–Kier alpha value is -1.14. The lowest BCUT2D eigenvalue weighted by Crippen LogP contribution is -2.45. The van der Waals surface area contributed by atoms with Gasteiger partial charge in [0.25, 0.3) is 0 Å². The lowest BCUT2D eigenvalue weighted by atomic mass is 9.90. The first kappa shape index (κ1) is 13.3. The molecule has 5 nitrogen and oxygen atoms in total. The van der Waals surface area contributed by atoms with Crippen LogP contribution in [-0.2, 0) is 11.3 Å². The molecule has 1 aliphatic rings. The standard InChI is InChI=1S/C12H14BrNO4/c1-12(18-3)4-5-14-6-7(13)9(15)10(17-2)8(14)11(12)16/h6H,4-5H2,1-3H3/t12-/m1/s1. The van der Waals surface area contributed by atoms with Gasteiger partial charge in [0.2, 0.25) is 11.2 Å². The number of aryl methyl sites for hydroxylation is 1. The van der Waals surface area contributed by atoms with Crippen LogP contribution in [0.15, 0.2) is 15.5 Å². The molecule has 0 saturated heterocycles. The Balaban J connectivity index is 2.71. The van der Waals surface area contributed by atoms with E-state index in [0.717, 1.165) is 0 Å². The van der Waals surface area contributed by atoms with E-state index >= 15 is 0 Å². The molecular formula is C12H14BrNO4. The number of methoxy groups -OCH3 is 2. The highest BCUT2D eigenvalue weighted by Gasteiger charge is 2.41. The quantitative estimate of drug-likeness (QED) is 0.832. The number of carbonyl (C=O) groups is 1. The highest BCUT2D eigenvalue weighted by Crippen LogP contribution is 2.31. The number of ketones is 1. The maximum Gasteiger partial charge on any atom is 0.238 e. The van der Waals surface area contributed by atoms with Gasteiger partial charge in [0.15, 0.2) is 5.75 Å². The zero-order valence-corrected chi connectivity index (χ0v) is 12.0. The molecule has 1 atom stereocenters. The van der Waals surface area contributed by atoms with Gasteiger partial charge < -0.3 is 14.0 Å². The molecule has 0 spiro atoms. The maximum atomic E-state index is 12.4. The third-order valence-corrected chi connectivity index (χ3v) is 3.94. The molecule has 0 radical (unpaired) electrons. The average molecular weight is 316 g/mol. The SMILES string of the molecule is COc1c2n(cc(Br)c1=O)CC[C@@](C)(OC)C2=O. The van der Waals surface area contributed by atoms with E-state index in [1.807, 2.05) is 0 Å². The van der Waals surface area contributed by atoms with Crippen LogP contribution in [-0.4, -0.2) is 30.2 Å². The molecule has 0 unspecified atom stereocenters. The summed E-state index contributed by atoms with van der Waals surface area (Å²) in [5.41, 5.74) is -0.938. The molecule has 98 valence electrons. The zero-order valence-electron chi connectivity index (χ0n) is 10.4. The summed E-state index contributed by atoms with van der Waals surface area (Å²) in [4.78, 5) is 24.4. The highest BCUT2D eigenvalue weighted by molar-refractivity contribution is 9.10. The molecule has 2 rings (SSSR count). The van der Waals surface area contributed by atoms with Crippen molar-refractivity contribution >= 4 is 21.7 Å². The zero-order chi connectivity index (χ0) is 13.5.